The molecule has 0 heterocycles. The van der Waals surface area contributed by atoms with Crippen LogP contribution < -0.4 is 5.32 Å². The molecular formula is C24H37NO2. The second-order valence-electron chi connectivity index (χ2n) is 11.4. The molecule has 3 fully saturated rings. The van der Waals surface area contributed by atoms with Crippen molar-refractivity contribution in [3.05, 3.63) is 11.6 Å². The van der Waals surface area contributed by atoms with Gasteiger partial charge in [0.2, 0.25) is 5.91 Å². The summed E-state index contributed by atoms with van der Waals surface area (Å²) in [6, 6.07) is 0. The van der Waals surface area contributed by atoms with Gasteiger partial charge in [-0.3, -0.25) is 9.59 Å². The lowest BCUT2D eigenvalue weighted by atomic mass is 9.47. The first-order chi connectivity index (χ1) is 12.5. The van der Waals surface area contributed by atoms with Crippen LogP contribution in [-0.4, -0.2) is 17.2 Å². The van der Waals surface area contributed by atoms with Crippen LogP contribution in [0.4, 0.5) is 0 Å². The van der Waals surface area contributed by atoms with Crippen molar-refractivity contribution in [2.45, 2.75) is 91.5 Å². The number of carbonyl (C=O) groups is 2. The smallest absolute Gasteiger partial charge is 0.224 e. The van der Waals surface area contributed by atoms with E-state index < -0.39 is 0 Å². The van der Waals surface area contributed by atoms with Gasteiger partial charge in [0, 0.05) is 17.9 Å². The number of nitrogens with one attached hydrogen (secondary N) is 1. The third-order valence-corrected chi connectivity index (χ3v) is 8.78. The van der Waals surface area contributed by atoms with Crippen LogP contribution in [-0.2, 0) is 9.59 Å². The molecule has 3 nitrogen and oxygen atoms in total. The molecule has 0 aromatic rings. The Labute approximate surface area is 164 Å². The number of rotatable bonds is 1. The highest BCUT2D eigenvalue weighted by molar-refractivity contribution is 5.91. The van der Waals surface area contributed by atoms with Gasteiger partial charge in [-0.15, -0.1) is 0 Å². The van der Waals surface area contributed by atoms with Crippen LogP contribution >= 0.6 is 0 Å². The van der Waals surface area contributed by atoms with Crippen LogP contribution in [0.15, 0.2) is 11.6 Å². The van der Waals surface area contributed by atoms with Gasteiger partial charge in [-0.25, -0.2) is 0 Å². The molecule has 27 heavy (non-hydrogen) atoms. The Kier molecular flexibility index (Phi) is 4.40. The standard InChI is InChI=1S/C24H37NO2/c1-22(2,3)25-21(27)20-9-8-18-17-7-6-15-14-16(26)10-12-23(15,4)19(17)11-13-24(18,20)5/h14,17-20H,6-13H2,1-5H3,(H,25,27)/t17-,18+,19-,20-,23-,24-/m1/s1. The van der Waals surface area contributed by atoms with Gasteiger partial charge in [0.1, 0.15) is 0 Å². The molecule has 0 radical (unpaired) electrons. The Bertz CT molecular complexity index is 687. The number of allylic oxidation sites excluding steroid dienone is 1. The summed E-state index contributed by atoms with van der Waals surface area (Å²) in [6.07, 6.45) is 10.7. The van der Waals surface area contributed by atoms with Crippen molar-refractivity contribution in [2.75, 3.05) is 0 Å². The van der Waals surface area contributed by atoms with Gasteiger partial charge in [-0.1, -0.05) is 19.4 Å². The Morgan fingerprint density at radius 3 is 2.48 bits per heavy atom. The molecule has 0 bridgehead atoms. The molecule has 3 heteroatoms. The van der Waals surface area contributed by atoms with Crippen molar-refractivity contribution in [3.8, 4) is 0 Å². The predicted molar refractivity (Wildman–Crippen MR) is 108 cm³/mol. The van der Waals surface area contributed by atoms with E-state index in [1.54, 1.807) is 0 Å². The first-order valence-electron chi connectivity index (χ1n) is 11.1. The van der Waals surface area contributed by atoms with E-state index >= 15 is 0 Å². The van der Waals surface area contributed by atoms with Crippen LogP contribution in [0.3, 0.4) is 0 Å². The summed E-state index contributed by atoms with van der Waals surface area (Å²) in [6.45, 7) is 11.1. The Morgan fingerprint density at radius 2 is 1.78 bits per heavy atom. The maximum absolute atomic E-state index is 13.1. The number of amides is 1. The Hall–Kier alpha value is -1.12. The molecule has 6 atom stereocenters. The topological polar surface area (TPSA) is 46.2 Å². The molecule has 1 N–H and O–H groups in total. The summed E-state index contributed by atoms with van der Waals surface area (Å²) >= 11 is 0. The SMILES string of the molecule is CC(C)(C)NC(=O)[C@H]1CC[C@H]2[C@H]3CCC4=CC(=O)CC[C@@]4(C)[C@@H]3CC[C@@]12C. The second-order valence-corrected chi connectivity index (χ2v) is 11.4. The summed E-state index contributed by atoms with van der Waals surface area (Å²) in [5.41, 5.74) is 1.65. The minimum Gasteiger partial charge on any atom is -0.351 e. The molecule has 0 aromatic carbocycles. The molecule has 4 aliphatic carbocycles. The zero-order chi connectivity index (χ0) is 19.6. The van der Waals surface area contributed by atoms with Gasteiger partial charge >= 0.3 is 0 Å². The van der Waals surface area contributed by atoms with Crippen LogP contribution in [0, 0.1) is 34.5 Å². The molecule has 1 amide bonds. The van der Waals surface area contributed by atoms with Gasteiger partial charge in [0.15, 0.2) is 5.78 Å². The quantitative estimate of drug-likeness (QED) is 0.701. The Morgan fingerprint density at radius 1 is 1.04 bits per heavy atom. The monoisotopic (exact) mass is 371 g/mol. The Balaban J connectivity index is 1.58. The molecule has 4 rings (SSSR count). The minimum absolute atomic E-state index is 0.151. The lowest BCUT2D eigenvalue weighted by molar-refractivity contribution is -0.134. The molecule has 0 saturated heterocycles. The van der Waals surface area contributed by atoms with Gasteiger partial charge in [0.05, 0.1) is 0 Å². The van der Waals surface area contributed by atoms with Crippen molar-refractivity contribution in [2.24, 2.45) is 34.5 Å². The van der Waals surface area contributed by atoms with E-state index in [9.17, 15) is 9.59 Å². The largest absolute Gasteiger partial charge is 0.351 e. The van der Waals surface area contributed by atoms with E-state index in [1.807, 2.05) is 6.08 Å². The average Bonchev–Trinajstić information content (AvgIpc) is 2.91. The van der Waals surface area contributed by atoms with E-state index in [0.29, 0.717) is 17.6 Å². The molecule has 0 aliphatic heterocycles. The van der Waals surface area contributed by atoms with Crippen molar-refractivity contribution >= 4 is 11.7 Å². The normalized spacial score (nSPS) is 44.0. The van der Waals surface area contributed by atoms with E-state index in [0.717, 1.165) is 38.0 Å². The number of carbonyl (C=O) groups excluding carboxylic acids is 2. The fraction of sp³-hybridized carbons (Fsp3) is 0.833. The van der Waals surface area contributed by atoms with Crippen LogP contribution in [0.1, 0.15) is 86.0 Å². The first-order valence-corrected chi connectivity index (χ1v) is 11.1. The van der Waals surface area contributed by atoms with E-state index in [2.05, 4.69) is 39.9 Å². The highest BCUT2D eigenvalue weighted by atomic mass is 16.2. The summed E-state index contributed by atoms with van der Waals surface area (Å²) < 4.78 is 0. The number of hydrogen-bond acceptors (Lipinski definition) is 2. The van der Waals surface area contributed by atoms with Crippen molar-refractivity contribution < 1.29 is 9.59 Å². The number of fused-ring (bicyclic) bond motifs is 5. The van der Waals surface area contributed by atoms with Gasteiger partial charge in [-0.2, -0.15) is 0 Å². The first kappa shape index (κ1) is 19.2. The maximum Gasteiger partial charge on any atom is 0.224 e. The van der Waals surface area contributed by atoms with E-state index in [1.165, 1.54) is 24.8 Å². The predicted octanol–water partition coefficient (Wildman–Crippen LogP) is 5.05. The highest BCUT2D eigenvalue weighted by Gasteiger charge is 2.60. The maximum atomic E-state index is 13.1. The molecule has 0 spiro atoms. The van der Waals surface area contributed by atoms with Crippen molar-refractivity contribution in [1.82, 2.24) is 5.32 Å². The molecule has 3 saturated carbocycles. The number of ketones is 1. The molecule has 4 aliphatic rings. The third kappa shape index (κ3) is 3.00. The van der Waals surface area contributed by atoms with Crippen molar-refractivity contribution in [3.63, 3.8) is 0 Å². The van der Waals surface area contributed by atoms with Crippen molar-refractivity contribution in [1.29, 1.82) is 0 Å². The summed E-state index contributed by atoms with van der Waals surface area (Å²) in [7, 11) is 0. The summed E-state index contributed by atoms with van der Waals surface area (Å²) in [4.78, 5) is 25.0. The lowest BCUT2D eigenvalue weighted by Gasteiger charge is -2.58. The molecule has 0 aromatic heterocycles. The van der Waals surface area contributed by atoms with Crippen LogP contribution in [0.25, 0.3) is 0 Å². The van der Waals surface area contributed by atoms with Crippen LogP contribution in [0.2, 0.25) is 0 Å². The highest BCUT2D eigenvalue weighted by Crippen LogP contribution is 2.66. The average molecular weight is 372 g/mol. The third-order valence-electron chi connectivity index (χ3n) is 8.78. The van der Waals surface area contributed by atoms with Gasteiger partial charge in [0.25, 0.3) is 0 Å². The molecule has 150 valence electrons. The lowest BCUT2D eigenvalue weighted by Crippen LogP contribution is -2.53. The zero-order valence-corrected chi connectivity index (χ0v) is 17.9. The fourth-order valence-corrected chi connectivity index (χ4v) is 7.45. The van der Waals surface area contributed by atoms with Gasteiger partial charge in [-0.05, 0) is 100 Å². The minimum atomic E-state index is -0.157. The summed E-state index contributed by atoms with van der Waals surface area (Å²) in [5.74, 6) is 2.88. The van der Waals surface area contributed by atoms with Crippen LogP contribution in [0.5, 0.6) is 0 Å². The second kappa shape index (κ2) is 6.19. The molecule has 0 unspecified atom stereocenters. The fourth-order valence-electron chi connectivity index (χ4n) is 7.45. The molecular weight excluding hydrogens is 334 g/mol. The number of hydrogen-bond donors (Lipinski definition) is 1. The van der Waals surface area contributed by atoms with E-state index in [-0.39, 0.29) is 28.2 Å². The van der Waals surface area contributed by atoms with Gasteiger partial charge < -0.3 is 5.32 Å². The summed E-state index contributed by atoms with van der Waals surface area (Å²) in [5, 5.41) is 3.26. The van der Waals surface area contributed by atoms with E-state index in [4.69, 9.17) is 0 Å². The zero-order valence-electron chi connectivity index (χ0n) is 17.9.